The maximum atomic E-state index is 5.71. The highest BCUT2D eigenvalue weighted by molar-refractivity contribution is 5.29. The van der Waals surface area contributed by atoms with Gasteiger partial charge in [0.05, 0.1) is 6.10 Å². The van der Waals surface area contributed by atoms with Crippen molar-refractivity contribution in [1.82, 2.24) is 10.2 Å². The summed E-state index contributed by atoms with van der Waals surface area (Å²) < 4.78 is 5.71. The molecule has 0 aliphatic carbocycles. The van der Waals surface area contributed by atoms with E-state index >= 15 is 0 Å². The predicted molar refractivity (Wildman–Crippen MR) is 91.0 cm³/mol. The third-order valence-corrected chi connectivity index (χ3v) is 4.04. The van der Waals surface area contributed by atoms with Crippen LogP contribution in [0.4, 0.5) is 0 Å². The fourth-order valence-corrected chi connectivity index (χ4v) is 2.76. The van der Waals surface area contributed by atoms with Gasteiger partial charge >= 0.3 is 0 Å². The van der Waals surface area contributed by atoms with Crippen molar-refractivity contribution in [3.8, 4) is 5.75 Å². The van der Waals surface area contributed by atoms with Gasteiger partial charge < -0.3 is 15.0 Å². The first-order chi connectivity index (χ1) is 10.0. The second kappa shape index (κ2) is 9.06. The van der Waals surface area contributed by atoms with Gasteiger partial charge in [-0.25, -0.2) is 0 Å². The summed E-state index contributed by atoms with van der Waals surface area (Å²) in [6.07, 6.45) is 2.62. The molecule has 1 rings (SSSR count). The van der Waals surface area contributed by atoms with Crippen LogP contribution < -0.4 is 10.1 Å². The third kappa shape index (κ3) is 5.68. The Morgan fingerprint density at radius 1 is 1.10 bits per heavy atom. The molecule has 3 heteroatoms. The number of hydrogen-bond acceptors (Lipinski definition) is 3. The number of likely N-dealkylation sites (N-methyl/N-ethyl adjacent to an activating group) is 2. The van der Waals surface area contributed by atoms with Crippen molar-refractivity contribution in [2.75, 3.05) is 20.6 Å². The molecule has 1 aromatic rings. The van der Waals surface area contributed by atoms with E-state index in [1.165, 1.54) is 18.4 Å². The lowest BCUT2D eigenvalue weighted by atomic mass is 10.0. The zero-order valence-corrected chi connectivity index (χ0v) is 14.5. The normalized spacial score (nSPS) is 13.2. The summed E-state index contributed by atoms with van der Waals surface area (Å²) in [6, 6.07) is 9.47. The lowest BCUT2D eigenvalue weighted by Crippen LogP contribution is -2.37. The first-order valence-electron chi connectivity index (χ1n) is 8.15. The molecular formula is C18H32N2O. The number of rotatable bonds is 9. The lowest BCUT2D eigenvalue weighted by Gasteiger charge is -2.30. The van der Waals surface area contributed by atoms with Gasteiger partial charge in [0.25, 0.3) is 0 Å². The highest BCUT2D eigenvalue weighted by atomic mass is 16.5. The quantitative estimate of drug-likeness (QED) is 0.748. The molecule has 0 amide bonds. The van der Waals surface area contributed by atoms with Gasteiger partial charge in [0.2, 0.25) is 0 Å². The van der Waals surface area contributed by atoms with Crippen LogP contribution in [-0.2, 0) is 0 Å². The smallest absolute Gasteiger partial charge is 0.119 e. The van der Waals surface area contributed by atoms with Crippen molar-refractivity contribution in [1.29, 1.82) is 0 Å². The van der Waals surface area contributed by atoms with Crippen LogP contribution in [-0.4, -0.2) is 37.7 Å². The van der Waals surface area contributed by atoms with Crippen molar-refractivity contribution in [3.05, 3.63) is 29.8 Å². The molecule has 0 aliphatic heterocycles. The van der Waals surface area contributed by atoms with E-state index in [0.29, 0.717) is 12.1 Å². The summed E-state index contributed by atoms with van der Waals surface area (Å²) in [5, 5.41) is 3.43. The Kier molecular flexibility index (Phi) is 7.76. The minimum absolute atomic E-state index is 0.219. The summed E-state index contributed by atoms with van der Waals surface area (Å²) >= 11 is 0. The lowest BCUT2D eigenvalue weighted by molar-refractivity contribution is 0.208. The van der Waals surface area contributed by atoms with Crippen LogP contribution in [0, 0.1) is 0 Å². The van der Waals surface area contributed by atoms with Crippen molar-refractivity contribution in [3.63, 3.8) is 0 Å². The molecule has 1 aromatic carbocycles. The Labute approximate surface area is 130 Å². The molecule has 0 fully saturated rings. The molecule has 120 valence electrons. The number of benzene rings is 1. The minimum atomic E-state index is 0.219. The summed E-state index contributed by atoms with van der Waals surface area (Å²) in [7, 11) is 4.25. The first-order valence-corrected chi connectivity index (χ1v) is 8.15. The molecule has 0 saturated heterocycles. The SMILES string of the molecule is CCC(CC)N(C)CC(NC)c1ccc(OC(C)C)cc1. The molecule has 1 atom stereocenters. The minimum Gasteiger partial charge on any atom is -0.491 e. The van der Waals surface area contributed by atoms with E-state index < -0.39 is 0 Å². The number of ether oxygens (including phenoxy) is 1. The first kappa shape index (κ1) is 18.0. The van der Waals surface area contributed by atoms with Crippen LogP contribution in [0.25, 0.3) is 0 Å². The Hall–Kier alpha value is -1.06. The molecule has 0 bridgehead atoms. The summed E-state index contributed by atoms with van der Waals surface area (Å²) in [6.45, 7) is 9.64. The van der Waals surface area contributed by atoms with E-state index in [0.717, 1.165) is 12.3 Å². The average Bonchev–Trinajstić information content (AvgIpc) is 2.46. The molecule has 1 N–H and O–H groups in total. The molecule has 0 aromatic heterocycles. The molecule has 0 saturated carbocycles. The molecule has 21 heavy (non-hydrogen) atoms. The topological polar surface area (TPSA) is 24.5 Å². The molecule has 1 unspecified atom stereocenters. The van der Waals surface area contributed by atoms with Gasteiger partial charge in [0.1, 0.15) is 5.75 Å². The Morgan fingerprint density at radius 3 is 2.10 bits per heavy atom. The molecule has 3 nitrogen and oxygen atoms in total. The second-order valence-corrected chi connectivity index (χ2v) is 5.99. The van der Waals surface area contributed by atoms with E-state index in [4.69, 9.17) is 4.74 Å². The van der Waals surface area contributed by atoms with Crippen molar-refractivity contribution < 1.29 is 4.74 Å². The van der Waals surface area contributed by atoms with Crippen LogP contribution in [0.5, 0.6) is 5.75 Å². The third-order valence-electron chi connectivity index (χ3n) is 4.04. The summed E-state index contributed by atoms with van der Waals surface area (Å²) in [4.78, 5) is 2.46. The van der Waals surface area contributed by atoms with Gasteiger partial charge in [0, 0.05) is 18.6 Å². The fourth-order valence-electron chi connectivity index (χ4n) is 2.76. The molecule has 0 heterocycles. The number of hydrogen-bond donors (Lipinski definition) is 1. The van der Waals surface area contributed by atoms with E-state index in [1.54, 1.807) is 0 Å². The average molecular weight is 292 g/mol. The van der Waals surface area contributed by atoms with E-state index in [1.807, 2.05) is 7.05 Å². The maximum Gasteiger partial charge on any atom is 0.119 e. The highest BCUT2D eigenvalue weighted by Crippen LogP contribution is 2.20. The maximum absolute atomic E-state index is 5.71. The molecule has 0 spiro atoms. The van der Waals surface area contributed by atoms with Crippen LogP contribution >= 0.6 is 0 Å². The number of nitrogens with zero attached hydrogens (tertiary/aromatic N) is 1. The second-order valence-electron chi connectivity index (χ2n) is 5.99. The fraction of sp³-hybridized carbons (Fsp3) is 0.667. The molecular weight excluding hydrogens is 260 g/mol. The van der Waals surface area contributed by atoms with E-state index in [2.05, 4.69) is 69.2 Å². The van der Waals surface area contributed by atoms with Gasteiger partial charge in [-0.3, -0.25) is 0 Å². The largest absolute Gasteiger partial charge is 0.491 e. The van der Waals surface area contributed by atoms with Crippen molar-refractivity contribution in [2.24, 2.45) is 0 Å². The Balaban J connectivity index is 2.71. The van der Waals surface area contributed by atoms with E-state index in [9.17, 15) is 0 Å². The highest BCUT2D eigenvalue weighted by Gasteiger charge is 2.16. The van der Waals surface area contributed by atoms with Crippen LogP contribution in [0.15, 0.2) is 24.3 Å². The van der Waals surface area contributed by atoms with Crippen LogP contribution in [0.3, 0.4) is 0 Å². The monoisotopic (exact) mass is 292 g/mol. The van der Waals surface area contributed by atoms with Crippen molar-refractivity contribution in [2.45, 2.75) is 58.7 Å². The predicted octanol–water partition coefficient (Wildman–Crippen LogP) is 3.85. The van der Waals surface area contributed by atoms with Gasteiger partial charge in [-0.05, 0) is 58.5 Å². The Bertz CT molecular complexity index is 385. The van der Waals surface area contributed by atoms with Gasteiger partial charge in [-0.1, -0.05) is 26.0 Å². The summed E-state index contributed by atoms with van der Waals surface area (Å²) in [5.74, 6) is 0.942. The van der Waals surface area contributed by atoms with Crippen molar-refractivity contribution >= 4 is 0 Å². The zero-order valence-electron chi connectivity index (χ0n) is 14.5. The van der Waals surface area contributed by atoms with Crippen LogP contribution in [0.2, 0.25) is 0 Å². The van der Waals surface area contributed by atoms with Crippen LogP contribution in [0.1, 0.15) is 52.1 Å². The van der Waals surface area contributed by atoms with E-state index in [-0.39, 0.29) is 6.10 Å². The van der Waals surface area contributed by atoms with Gasteiger partial charge in [-0.2, -0.15) is 0 Å². The zero-order chi connectivity index (χ0) is 15.8. The number of nitrogens with one attached hydrogen (secondary N) is 1. The summed E-state index contributed by atoms with van der Waals surface area (Å²) in [5.41, 5.74) is 1.31. The van der Waals surface area contributed by atoms with Gasteiger partial charge in [-0.15, -0.1) is 0 Å². The Morgan fingerprint density at radius 2 is 1.67 bits per heavy atom. The standard InChI is InChI=1S/C18H32N2O/c1-7-16(8-2)20(6)13-18(19-5)15-9-11-17(12-10-15)21-14(3)4/h9-12,14,16,18-19H,7-8,13H2,1-6H3. The molecule has 0 aliphatic rings. The molecule has 0 radical (unpaired) electrons. The van der Waals surface area contributed by atoms with Gasteiger partial charge in [0.15, 0.2) is 0 Å².